The fourth-order valence-electron chi connectivity index (χ4n) is 1.99. The summed E-state index contributed by atoms with van der Waals surface area (Å²) in [6.07, 6.45) is 0.916. The second-order valence-electron chi connectivity index (χ2n) is 5.07. The molecule has 2 N–H and O–H groups in total. The number of carbonyl (C=O) groups is 1. The maximum absolute atomic E-state index is 12.3. The minimum absolute atomic E-state index is 0.00773. The highest BCUT2D eigenvalue weighted by atomic mass is 16.2. The molecule has 18 heavy (non-hydrogen) atoms. The van der Waals surface area contributed by atoms with Crippen LogP contribution in [0, 0.1) is 6.92 Å². The number of anilines is 1. The third-order valence-electron chi connectivity index (χ3n) is 3.16. The molecule has 0 bridgehead atoms. The highest BCUT2D eigenvalue weighted by Gasteiger charge is 2.26. The maximum Gasteiger partial charge on any atom is 0.244 e. The van der Waals surface area contributed by atoms with E-state index in [1.807, 2.05) is 39.8 Å². The Bertz CT molecular complexity index is 425. The van der Waals surface area contributed by atoms with E-state index in [9.17, 15) is 4.79 Å². The van der Waals surface area contributed by atoms with Gasteiger partial charge in [0.1, 0.15) is 0 Å². The van der Waals surface area contributed by atoms with Gasteiger partial charge in [-0.1, -0.05) is 32.0 Å². The Labute approximate surface area is 110 Å². The third-order valence-corrected chi connectivity index (χ3v) is 3.16. The Hall–Kier alpha value is -1.35. The van der Waals surface area contributed by atoms with E-state index in [0.717, 1.165) is 24.2 Å². The van der Waals surface area contributed by atoms with Crippen molar-refractivity contribution in [3.63, 3.8) is 0 Å². The summed E-state index contributed by atoms with van der Waals surface area (Å²) in [5.74, 6) is 0.00773. The molecule has 0 aromatic heterocycles. The molecule has 0 unspecified atom stereocenters. The van der Waals surface area contributed by atoms with Crippen molar-refractivity contribution in [2.75, 3.05) is 11.9 Å². The molecule has 100 valence electrons. The topological polar surface area (TPSA) is 41.1 Å². The molecule has 0 atom stereocenters. The lowest BCUT2D eigenvalue weighted by Gasteiger charge is -2.25. The van der Waals surface area contributed by atoms with Gasteiger partial charge in [-0.3, -0.25) is 4.79 Å². The summed E-state index contributed by atoms with van der Waals surface area (Å²) < 4.78 is 0. The Morgan fingerprint density at radius 2 is 1.94 bits per heavy atom. The zero-order valence-corrected chi connectivity index (χ0v) is 12.1. The smallest absolute Gasteiger partial charge is 0.244 e. The molecule has 0 aliphatic rings. The summed E-state index contributed by atoms with van der Waals surface area (Å²) in [7, 11) is 0. The van der Waals surface area contributed by atoms with Gasteiger partial charge in [0.15, 0.2) is 0 Å². The van der Waals surface area contributed by atoms with Crippen molar-refractivity contribution in [1.82, 2.24) is 5.32 Å². The van der Waals surface area contributed by atoms with Crippen LogP contribution in [-0.2, 0) is 11.2 Å². The summed E-state index contributed by atoms with van der Waals surface area (Å²) in [5.41, 5.74) is 2.68. The van der Waals surface area contributed by atoms with Crippen LogP contribution in [0.1, 0.15) is 38.8 Å². The minimum atomic E-state index is -0.554. The summed E-state index contributed by atoms with van der Waals surface area (Å²) >= 11 is 0. The monoisotopic (exact) mass is 248 g/mol. The molecule has 0 aliphatic carbocycles. The normalized spacial score (nSPS) is 11.4. The van der Waals surface area contributed by atoms with Crippen LogP contribution in [-0.4, -0.2) is 18.0 Å². The maximum atomic E-state index is 12.3. The van der Waals surface area contributed by atoms with Crippen molar-refractivity contribution in [2.24, 2.45) is 0 Å². The van der Waals surface area contributed by atoms with E-state index in [1.165, 1.54) is 5.56 Å². The largest absolute Gasteiger partial charge is 0.324 e. The summed E-state index contributed by atoms with van der Waals surface area (Å²) in [5, 5.41) is 6.24. The van der Waals surface area contributed by atoms with E-state index in [4.69, 9.17) is 0 Å². The molecule has 0 spiro atoms. The predicted octanol–water partition coefficient (Wildman–Crippen LogP) is 2.88. The van der Waals surface area contributed by atoms with Crippen LogP contribution in [0.25, 0.3) is 0 Å². The standard InChI is InChI=1S/C15H24N2O/c1-6-12-10-8-9-11(3)13(12)17-14(18)15(4,5)16-7-2/h8-10,16H,6-7H2,1-5H3,(H,17,18). The lowest BCUT2D eigenvalue weighted by Crippen LogP contribution is -2.49. The molecule has 0 fully saturated rings. The number of benzene rings is 1. The van der Waals surface area contributed by atoms with Crippen LogP contribution in [0.2, 0.25) is 0 Å². The summed E-state index contributed by atoms with van der Waals surface area (Å²) in [4.78, 5) is 12.3. The third kappa shape index (κ3) is 3.33. The Morgan fingerprint density at radius 1 is 1.28 bits per heavy atom. The Balaban J connectivity index is 2.94. The van der Waals surface area contributed by atoms with Gasteiger partial charge < -0.3 is 10.6 Å². The lowest BCUT2D eigenvalue weighted by molar-refractivity contribution is -0.121. The number of hydrogen-bond donors (Lipinski definition) is 2. The highest BCUT2D eigenvalue weighted by molar-refractivity contribution is 5.98. The van der Waals surface area contributed by atoms with Gasteiger partial charge >= 0.3 is 0 Å². The molecule has 1 rings (SSSR count). The molecule has 0 aliphatic heterocycles. The first-order valence-electron chi connectivity index (χ1n) is 6.57. The van der Waals surface area contributed by atoms with Crippen LogP contribution < -0.4 is 10.6 Å². The van der Waals surface area contributed by atoms with Crippen molar-refractivity contribution in [3.8, 4) is 0 Å². The number of rotatable bonds is 5. The highest BCUT2D eigenvalue weighted by Crippen LogP contribution is 2.22. The van der Waals surface area contributed by atoms with E-state index in [2.05, 4.69) is 23.6 Å². The molecule has 1 amide bonds. The van der Waals surface area contributed by atoms with E-state index in [1.54, 1.807) is 0 Å². The van der Waals surface area contributed by atoms with Gasteiger partial charge in [0.2, 0.25) is 5.91 Å². The number of amides is 1. The van der Waals surface area contributed by atoms with Crippen LogP contribution in [0.4, 0.5) is 5.69 Å². The lowest BCUT2D eigenvalue weighted by atomic mass is 10.0. The fraction of sp³-hybridized carbons (Fsp3) is 0.533. The molecule has 0 saturated heterocycles. The first-order valence-corrected chi connectivity index (χ1v) is 6.57. The Kier molecular flexibility index (Phi) is 4.91. The fourth-order valence-corrected chi connectivity index (χ4v) is 1.99. The van der Waals surface area contributed by atoms with Crippen molar-refractivity contribution < 1.29 is 4.79 Å². The van der Waals surface area contributed by atoms with E-state index < -0.39 is 5.54 Å². The molecule has 3 heteroatoms. The SMILES string of the molecule is CCNC(C)(C)C(=O)Nc1c(C)cccc1CC. The van der Waals surface area contributed by atoms with Gasteiger partial charge in [0.05, 0.1) is 5.54 Å². The summed E-state index contributed by atoms with van der Waals surface area (Å²) in [6, 6.07) is 6.11. The average molecular weight is 248 g/mol. The van der Waals surface area contributed by atoms with Gasteiger partial charge in [0, 0.05) is 5.69 Å². The number of likely N-dealkylation sites (N-methyl/N-ethyl adjacent to an activating group) is 1. The van der Waals surface area contributed by atoms with Gasteiger partial charge in [-0.15, -0.1) is 0 Å². The number of para-hydroxylation sites is 1. The van der Waals surface area contributed by atoms with Crippen LogP contribution in [0.5, 0.6) is 0 Å². The van der Waals surface area contributed by atoms with Gasteiger partial charge in [-0.05, 0) is 44.9 Å². The van der Waals surface area contributed by atoms with Crippen LogP contribution in [0.15, 0.2) is 18.2 Å². The number of hydrogen-bond acceptors (Lipinski definition) is 2. The van der Waals surface area contributed by atoms with Gasteiger partial charge in [-0.2, -0.15) is 0 Å². The van der Waals surface area contributed by atoms with E-state index in [-0.39, 0.29) is 5.91 Å². The number of aryl methyl sites for hydroxylation is 2. The molecule has 1 aromatic rings. The zero-order chi connectivity index (χ0) is 13.8. The second-order valence-corrected chi connectivity index (χ2v) is 5.07. The molecular formula is C15H24N2O. The van der Waals surface area contributed by atoms with Crippen LogP contribution >= 0.6 is 0 Å². The molecule has 1 aromatic carbocycles. The van der Waals surface area contributed by atoms with E-state index in [0.29, 0.717) is 0 Å². The second kappa shape index (κ2) is 6.01. The van der Waals surface area contributed by atoms with Gasteiger partial charge in [0.25, 0.3) is 0 Å². The predicted molar refractivity (Wildman–Crippen MR) is 76.9 cm³/mol. The average Bonchev–Trinajstić information content (AvgIpc) is 2.31. The first kappa shape index (κ1) is 14.7. The molecular weight excluding hydrogens is 224 g/mol. The van der Waals surface area contributed by atoms with Crippen molar-refractivity contribution in [3.05, 3.63) is 29.3 Å². The molecule has 0 saturated carbocycles. The van der Waals surface area contributed by atoms with Crippen molar-refractivity contribution >= 4 is 11.6 Å². The van der Waals surface area contributed by atoms with Crippen molar-refractivity contribution in [2.45, 2.75) is 46.6 Å². The molecule has 3 nitrogen and oxygen atoms in total. The van der Waals surface area contributed by atoms with Crippen LogP contribution in [0.3, 0.4) is 0 Å². The quantitative estimate of drug-likeness (QED) is 0.841. The summed E-state index contributed by atoms with van der Waals surface area (Å²) in [6.45, 7) is 10.7. The Morgan fingerprint density at radius 3 is 2.50 bits per heavy atom. The van der Waals surface area contributed by atoms with Crippen molar-refractivity contribution in [1.29, 1.82) is 0 Å². The van der Waals surface area contributed by atoms with Gasteiger partial charge in [-0.25, -0.2) is 0 Å². The molecule has 0 radical (unpaired) electrons. The number of nitrogens with one attached hydrogen (secondary N) is 2. The number of carbonyl (C=O) groups excluding carboxylic acids is 1. The van der Waals surface area contributed by atoms with E-state index >= 15 is 0 Å². The molecule has 0 heterocycles. The zero-order valence-electron chi connectivity index (χ0n) is 12.1. The minimum Gasteiger partial charge on any atom is -0.324 e. The first-order chi connectivity index (χ1) is 8.42.